The Morgan fingerprint density at radius 1 is 1.47 bits per heavy atom. The van der Waals surface area contributed by atoms with Crippen LogP contribution in [-0.2, 0) is 20.7 Å². The van der Waals surface area contributed by atoms with Gasteiger partial charge in [-0.3, -0.25) is 4.79 Å². The molecule has 94 valence electrons. The van der Waals surface area contributed by atoms with E-state index >= 15 is 0 Å². The van der Waals surface area contributed by atoms with Crippen LogP contribution in [0.4, 0.5) is 5.69 Å². The number of hydrogen-bond acceptors (Lipinski definition) is 4. The Bertz CT molecular complexity index is 365. The van der Waals surface area contributed by atoms with E-state index in [0.29, 0.717) is 18.9 Å². The maximum absolute atomic E-state index is 11.6. The number of carbonyl (C=O) groups excluding carboxylic acids is 1. The monoisotopic (exact) mass is 237 g/mol. The van der Waals surface area contributed by atoms with Crippen LogP contribution in [0, 0.1) is 0 Å². The highest BCUT2D eigenvalue weighted by molar-refractivity contribution is 5.73. The van der Waals surface area contributed by atoms with Gasteiger partial charge in [0.1, 0.15) is 6.10 Å². The van der Waals surface area contributed by atoms with Crippen LogP contribution in [0.25, 0.3) is 0 Å². The molecular formula is C13H19NO3. The summed E-state index contributed by atoms with van der Waals surface area (Å²) in [5.74, 6) is -0.261. The van der Waals surface area contributed by atoms with E-state index in [9.17, 15) is 4.79 Å². The Labute approximate surface area is 102 Å². The average molecular weight is 237 g/mol. The van der Waals surface area contributed by atoms with Crippen LogP contribution >= 0.6 is 0 Å². The Kier molecular flexibility index (Phi) is 5.49. The van der Waals surface area contributed by atoms with Crippen molar-refractivity contribution in [3.05, 3.63) is 29.8 Å². The van der Waals surface area contributed by atoms with Crippen molar-refractivity contribution in [1.29, 1.82) is 0 Å². The molecule has 4 heteroatoms. The van der Waals surface area contributed by atoms with Crippen LogP contribution in [0.3, 0.4) is 0 Å². The van der Waals surface area contributed by atoms with E-state index in [1.807, 2.05) is 26.0 Å². The molecule has 0 aromatic heterocycles. The van der Waals surface area contributed by atoms with Crippen LogP contribution in [0.1, 0.15) is 19.4 Å². The van der Waals surface area contributed by atoms with Crippen molar-refractivity contribution in [2.45, 2.75) is 26.4 Å². The molecule has 2 N–H and O–H groups in total. The first kappa shape index (κ1) is 13.5. The van der Waals surface area contributed by atoms with Gasteiger partial charge in [0, 0.05) is 12.3 Å². The number of hydrogen-bond donors (Lipinski definition) is 1. The van der Waals surface area contributed by atoms with Crippen LogP contribution in [0.2, 0.25) is 0 Å². The number of benzene rings is 1. The third kappa shape index (κ3) is 5.36. The lowest BCUT2D eigenvalue weighted by atomic mass is 10.1. The Hall–Kier alpha value is -1.55. The molecule has 0 fully saturated rings. The SMILES string of the molecule is CCOCC(C)OC(=O)Cc1cccc(N)c1. The van der Waals surface area contributed by atoms with E-state index in [1.165, 1.54) is 0 Å². The van der Waals surface area contributed by atoms with Crippen LogP contribution in [0.15, 0.2) is 24.3 Å². The molecule has 0 heterocycles. The van der Waals surface area contributed by atoms with Crippen molar-refractivity contribution in [1.82, 2.24) is 0 Å². The molecule has 0 radical (unpaired) electrons. The van der Waals surface area contributed by atoms with Gasteiger partial charge in [0.15, 0.2) is 0 Å². The maximum atomic E-state index is 11.6. The molecule has 1 aromatic carbocycles. The molecule has 0 aliphatic carbocycles. The minimum absolute atomic E-state index is 0.219. The molecule has 4 nitrogen and oxygen atoms in total. The molecule has 1 rings (SSSR count). The molecule has 1 unspecified atom stereocenters. The van der Waals surface area contributed by atoms with Crippen molar-refractivity contribution in [2.24, 2.45) is 0 Å². The Balaban J connectivity index is 2.39. The van der Waals surface area contributed by atoms with Gasteiger partial charge in [-0.1, -0.05) is 12.1 Å². The molecule has 0 saturated carbocycles. The van der Waals surface area contributed by atoms with E-state index in [-0.39, 0.29) is 18.5 Å². The molecule has 0 amide bonds. The number of nitrogens with two attached hydrogens (primary N) is 1. The predicted octanol–water partition coefficient (Wildman–Crippen LogP) is 1.78. The van der Waals surface area contributed by atoms with Gasteiger partial charge in [-0.2, -0.15) is 0 Å². The lowest BCUT2D eigenvalue weighted by Crippen LogP contribution is -2.21. The Morgan fingerprint density at radius 3 is 2.88 bits per heavy atom. The first-order chi connectivity index (χ1) is 8.11. The zero-order chi connectivity index (χ0) is 12.7. The zero-order valence-electron chi connectivity index (χ0n) is 10.3. The summed E-state index contributed by atoms with van der Waals surface area (Å²) >= 11 is 0. The van der Waals surface area contributed by atoms with Crippen molar-refractivity contribution in [3.8, 4) is 0 Å². The van der Waals surface area contributed by atoms with Crippen molar-refractivity contribution in [3.63, 3.8) is 0 Å². The van der Waals surface area contributed by atoms with Crippen molar-refractivity contribution < 1.29 is 14.3 Å². The maximum Gasteiger partial charge on any atom is 0.310 e. The van der Waals surface area contributed by atoms with Crippen LogP contribution in [-0.4, -0.2) is 25.3 Å². The van der Waals surface area contributed by atoms with E-state index in [0.717, 1.165) is 5.56 Å². The molecule has 0 saturated heterocycles. The zero-order valence-corrected chi connectivity index (χ0v) is 10.3. The largest absolute Gasteiger partial charge is 0.460 e. The fourth-order valence-corrected chi connectivity index (χ4v) is 1.45. The number of ether oxygens (including phenoxy) is 2. The first-order valence-electron chi connectivity index (χ1n) is 5.73. The molecule has 1 aromatic rings. The summed E-state index contributed by atoms with van der Waals surface area (Å²) < 4.78 is 10.4. The van der Waals surface area contributed by atoms with Gasteiger partial charge < -0.3 is 15.2 Å². The lowest BCUT2D eigenvalue weighted by Gasteiger charge is -2.13. The third-order valence-corrected chi connectivity index (χ3v) is 2.19. The lowest BCUT2D eigenvalue weighted by molar-refractivity contribution is -0.150. The summed E-state index contributed by atoms with van der Waals surface area (Å²) in [5.41, 5.74) is 7.14. The summed E-state index contributed by atoms with van der Waals surface area (Å²) in [4.78, 5) is 11.6. The summed E-state index contributed by atoms with van der Waals surface area (Å²) in [6, 6.07) is 7.23. The standard InChI is InChI=1S/C13H19NO3/c1-3-16-9-10(2)17-13(15)8-11-5-4-6-12(14)7-11/h4-7,10H,3,8-9,14H2,1-2H3. The highest BCUT2D eigenvalue weighted by Crippen LogP contribution is 2.08. The second-order valence-corrected chi connectivity index (χ2v) is 3.88. The van der Waals surface area contributed by atoms with E-state index < -0.39 is 0 Å². The molecule has 0 aliphatic heterocycles. The van der Waals surface area contributed by atoms with E-state index in [4.69, 9.17) is 15.2 Å². The van der Waals surface area contributed by atoms with Gasteiger partial charge in [0.25, 0.3) is 0 Å². The topological polar surface area (TPSA) is 61.5 Å². The number of esters is 1. The summed E-state index contributed by atoms with van der Waals surface area (Å²) in [6.45, 7) is 4.77. The Morgan fingerprint density at radius 2 is 2.24 bits per heavy atom. The molecule has 1 atom stereocenters. The first-order valence-corrected chi connectivity index (χ1v) is 5.73. The van der Waals surface area contributed by atoms with Gasteiger partial charge in [0.05, 0.1) is 13.0 Å². The number of anilines is 1. The van der Waals surface area contributed by atoms with Crippen molar-refractivity contribution >= 4 is 11.7 Å². The summed E-state index contributed by atoms with van der Waals surface area (Å²) in [5, 5.41) is 0. The molecule has 17 heavy (non-hydrogen) atoms. The minimum atomic E-state index is -0.261. The van der Waals surface area contributed by atoms with Gasteiger partial charge >= 0.3 is 5.97 Å². The van der Waals surface area contributed by atoms with Crippen LogP contribution < -0.4 is 5.73 Å². The van der Waals surface area contributed by atoms with Gasteiger partial charge in [0.2, 0.25) is 0 Å². The van der Waals surface area contributed by atoms with Gasteiger partial charge in [-0.25, -0.2) is 0 Å². The fourth-order valence-electron chi connectivity index (χ4n) is 1.45. The molecule has 0 aliphatic rings. The van der Waals surface area contributed by atoms with Crippen LogP contribution in [0.5, 0.6) is 0 Å². The van der Waals surface area contributed by atoms with Gasteiger partial charge in [-0.05, 0) is 31.5 Å². The van der Waals surface area contributed by atoms with Gasteiger partial charge in [-0.15, -0.1) is 0 Å². The predicted molar refractivity (Wildman–Crippen MR) is 66.6 cm³/mol. The average Bonchev–Trinajstić information content (AvgIpc) is 2.26. The quantitative estimate of drug-likeness (QED) is 0.605. The summed E-state index contributed by atoms with van der Waals surface area (Å²) in [7, 11) is 0. The second kappa shape index (κ2) is 6.91. The fraction of sp³-hybridized carbons (Fsp3) is 0.462. The highest BCUT2D eigenvalue weighted by Gasteiger charge is 2.10. The number of rotatable bonds is 6. The van der Waals surface area contributed by atoms with E-state index in [2.05, 4.69) is 0 Å². The smallest absolute Gasteiger partial charge is 0.310 e. The number of carbonyl (C=O) groups is 1. The molecular weight excluding hydrogens is 218 g/mol. The highest BCUT2D eigenvalue weighted by atomic mass is 16.6. The molecule has 0 spiro atoms. The summed E-state index contributed by atoms with van der Waals surface area (Å²) in [6.07, 6.45) is 0.0186. The third-order valence-electron chi connectivity index (χ3n) is 2.19. The van der Waals surface area contributed by atoms with Crippen molar-refractivity contribution in [2.75, 3.05) is 18.9 Å². The van der Waals surface area contributed by atoms with E-state index in [1.54, 1.807) is 12.1 Å². The number of nitrogen functional groups attached to an aromatic ring is 1. The molecule has 0 bridgehead atoms. The minimum Gasteiger partial charge on any atom is -0.460 e. The normalized spacial score (nSPS) is 12.1. The second-order valence-electron chi connectivity index (χ2n) is 3.88.